The molecule has 0 unspecified atom stereocenters. The highest BCUT2D eigenvalue weighted by atomic mass is 16.2. The quantitative estimate of drug-likeness (QED) is 0.636. The summed E-state index contributed by atoms with van der Waals surface area (Å²) in [6, 6.07) is 0. The molecule has 0 N–H and O–H groups in total. The second-order valence-electron chi connectivity index (χ2n) is 4.33. The van der Waals surface area contributed by atoms with Gasteiger partial charge in [-0.05, 0) is 25.2 Å². The molecular weight excluding hydrogens is 180 g/mol. The van der Waals surface area contributed by atoms with E-state index in [2.05, 4.69) is 0 Å². The molecule has 0 amide bonds. The van der Waals surface area contributed by atoms with Crippen LogP contribution in [0, 0.1) is 11.8 Å². The number of carbonyl (C=O) groups is 3. The van der Waals surface area contributed by atoms with Crippen molar-refractivity contribution in [3.05, 3.63) is 0 Å². The van der Waals surface area contributed by atoms with Gasteiger partial charge in [0.05, 0.1) is 0 Å². The Hall–Kier alpha value is -0.990. The molecule has 0 aliphatic heterocycles. The van der Waals surface area contributed by atoms with Crippen molar-refractivity contribution in [3.8, 4) is 0 Å². The fourth-order valence-corrected chi connectivity index (χ4v) is 1.99. The van der Waals surface area contributed by atoms with Gasteiger partial charge in [-0.3, -0.25) is 14.4 Å². The van der Waals surface area contributed by atoms with Crippen LogP contribution in [0.1, 0.15) is 38.5 Å². The molecule has 2 aliphatic carbocycles. The maximum Gasteiger partial charge on any atom is 0.151 e. The SMILES string of the molecule is O=C1CCCC(=O)C1C(=O)CC1CC1. The zero-order chi connectivity index (χ0) is 10.1. The van der Waals surface area contributed by atoms with Crippen molar-refractivity contribution in [2.75, 3.05) is 0 Å². The molecule has 2 aliphatic rings. The zero-order valence-corrected chi connectivity index (χ0v) is 8.12. The Morgan fingerprint density at radius 2 is 1.71 bits per heavy atom. The monoisotopic (exact) mass is 194 g/mol. The summed E-state index contributed by atoms with van der Waals surface area (Å²) in [5.74, 6) is -0.838. The van der Waals surface area contributed by atoms with E-state index in [0.29, 0.717) is 31.6 Å². The molecule has 0 radical (unpaired) electrons. The topological polar surface area (TPSA) is 51.2 Å². The molecule has 0 bridgehead atoms. The molecule has 2 saturated carbocycles. The van der Waals surface area contributed by atoms with Crippen molar-refractivity contribution in [2.24, 2.45) is 11.8 Å². The smallest absolute Gasteiger partial charge is 0.151 e. The van der Waals surface area contributed by atoms with Crippen LogP contribution >= 0.6 is 0 Å². The molecule has 0 aromatic carbocycles. The average Bonchev–Trinajstić information content (AvgIpc) is 2.87. The first-order chi connectivity index (χ1) is 6.68. The molecule has 0 saturated heterocycles. The molecule has 3 heteroatoms. The minimum absolute atomic E-state index is 0.123. The van der Waals surface area contributed by atoms with Gasteiger partial charge in [-0.1, -0.05) is 0 Å². The average molecular weight is 194 g/mol. The van der Waals surface area contributed by atoms with Crippen molar-refractivity contribution >= 4 is 17.3 Å². The minimum atomic E-state index is -0.885. The van der Waals surface area contributed by atoms with Gasteiger partial charge in [0, 0.05) is 19.3 Å². The summed E-state index contributed by atoms with van der Waals surface area (Å²) >= 11 is 0. The summed E-state index contributed by atoms with van der Waals surface area (Å²) in [4.78, 5) is 34.4. The van der Waals surface area contributed by atoms with Crippen molar-refractivity contribution in [3.63, 3.8) is 0 Å². The van der Waals surface area contributed by atoms with Gasteiger partial charge in [0.1, 0.15) is 5.92 Å². The first-order valence-corrected chi connectivity index (χ1v) is 5.26. The summed E-state index contributed by atoms with van der Waals surface area (Å²) in [6.07, 6.45) is 4.06. The Balaban J connectivity index is 2.01. The van der Waals surface area contributed by atoms with Crippen molar-refractivity contribution in [1.29, 1.82) is 0 Å². The van der Waals surface area contributed by atoms with Gasteiger partial charge >= 0.3 is 0 Å². The van der Waals surface area contributed by atoms with Crippen LogP contribution in [0.2, 0.25) is 0 Å². The second kappa shape index (κ2) is 3.64. The number of Topliss-reactive ketones (excluding diaryl/α,β-unsaturated/α-hetero) is 3. The summed E-state index contributed by atoms with van der Waals surface area (Å²) in [5, 5.41) is 0. The minimum Gasteiger partial charge on any atom is -0.298 e. The Morgan fingerprint density at radius 3 is 2.21 bits per heavy atom. The lowest BCUT2D eigenvalue weighted by Crippen LogP contribution is -2.35. The Morgan fingerprint density at radius 1 is 1.14 bits per heavy atom. The zero-order valence-electron chi connectivity index (χ0n) is 8.12. The number of rotatable bonds is 3. The Kier molecular flexibility index (Phi) is 2.48. The largest absolute Gasteiger partial charge is 0.298 e. The van der Waals surface area contributed by atoms with Gasteiger partial charge in [-0.25, -0.2) is 0 Å². The molecular formula is C11H14O3. The molecule has 0 atom stereocenters. The van der Waals surface area contributed by atoms with Crippen LogP contribution in [0.4, 0.5) is 0 Å². The summed E-state index contributed by atoms with van der Waals surface area (Å²) in [5.41, 5.74) is 0. The fourth-order valence-electron chi connectivity index (χ4n) is 1.99. The highest BCUT2D eigenvalue weighted by Crippen LogP contribution is 2.34. The normalized spacial score (nSPS) is 24.0. The number of hydrogen-bond donors (Lipinski definition) is 0. The predicted octanol–water partition coefficient (Wildman–Crippen LogP) is 1.29. The van der Waals surface area contributed by atoms with Gasteiger partial charge < -0.3 is 0 Å². The number of ketones is 3. The second-order valence-corrected chi connectivity index (χ2v) is 4.33. The van der Waals surface area contributed by atoms with E-state index in [9.17, 15) is 14.4 Å². The fraction of sp³-hybridized carbons (Fsp3) is 0.727. The highest BCUT2D eigenvalue weighted by Gasteiger charge is 2.38. The maximum absolute atomic E-state index is 11.6. The summed E-state index contributed by atoms with van der Waals surface area (Å²) in [6.45, 7) is 0. The van der Waals surface area contributed by atoms with Crippen LogP contribution < -0.4 is 0 Å². The van der Waals surface area contributed by atoms with Gasteiger partial charge in [0.15, 0.2) is 17.3 Å². The lowest BCUT2D eigenvalue weighted by atomic mass is 9.82. The molecule has 0 spiro atoms. The lowest BCUT2D eigenvalue weighted by molar-refractivity contribution is -0.142. The van der Waals surface area contributed by atoms with Gasteiger partial charge in [-0.15, -0.1) is 0 Å². The van der Waals surface area contributed by atoms with Crippen molar-refractivity contribution < 1.29 is 14.4 Å². The summed E-state index contributed by atoms with van der Waals surface area (Å²) < 4.78 is 0. The molecule has 0 heterocycles. The van der Waals surface area contributed by atoms with Crippen molar-refractivity contribution in [2.45, 2.75) is 38.5 Å². The molecule has 2 rings (SSSR count). The Bertz CT molecular complexity index is 273. The third-order valence-electron chi connectivity index (χ3n) is 3.00. The molecule has 76 valence electrons. The van der Waals surface area contributed by atoms with Crippen LogP contribution in [0.3, 0.4) is 0 Å². The van der Waals surface area contributed by atoms with Crippen LogP contribution in [-0.2, 0) is 14.4 Å². The molecule has 0 aromatic heterocycles. The van der Waals surface area contributed by atoms with Crippen LogP contribution in [0.5, 0.6) is 0 Å². The van der Waals surface area contributed by atoms with Crippen molar-refractivity contribution in [1.82, 2.24) is 0 Å². The van der Waals surface area contributed by atoms with E-state index < -0.39 is 5.92 Å². The Labute approximate surface area is 82.9 Å². The molecule has 3 nitrogen and oxygen atoms in total. The van der Waals surface area contributed by atoms with E-state index in [4.69, 9.17) is 0 Å². The predicted molar refractivity (Wildman–Crippen MR) is 49.7 cm³/mol. The third-order valence-corrected chi connectivity index (χ3v) is 3.00. The number of hydrogen-bond acceptors (Lipinski definition) is 3. The maximum atomic E-state index is 11.6. The van der Waals surface area contributed by atoms with E-state index in [1.54, 1.807) is 0 Å². The first-order valence-electron chi connectivity index (χ1n) is 5.26. The van der Waals surface area contributed by atoms with Gasteiger partial charge in [0.2, 0.25) is 0 Å². The van der Waals surface area contributed by atoms with Gasteiger partial charge in [0.25, 0.3) is 0 Å². The summed E-state index contributed by atoms with van der Waals surface area (Å²) in [7, 11) is 0. The molecule has 14 heavy (non-hydrogen) atoms. The van der Waals surface area contributed by atoms with E-state index in [1.165, 1.54) is 0 Å². The number of carbonyl (C=O) groups excluding carboxylic acids is 3. The van der Waals surface area contributed by atoms with Crippen LogP contribution in [-0.4, -0.2) is 17.3 Å². The third kappa shape index (κ3) is 1.91. The standard InChI is InChI=1S/C11H14O3/c12-8-2-1-3-9(13)11(8)10(14)6-7-4-5-7/h7,11H,1-6H2. The molecule has 0 aromatic rings. The van der Waals surface area contributed by atoms with E-state index in [1.807, 2.05) is 0 Å². The van der Waals surface area contributed by atoms with Crippen LogP contribution in [0.15, 0.2) is 0 Å². The van der Waals surface area contributed by atoms with Crippen LogP contribution in [0.25, 0.3) is 0 Å². The van der Waals surface area contributed by atoms with E-state index in [0.717, 1.165) is 12.8 Å². The highest BCUT2D eigenvalue weighted by molar-refractivity contribution is 6.20. The van der Waals surface area contributed by atoms with Gasteiger partial charge in [-0.2, -0.15) is 0 Å². The molecule has 2 fully saturated rings. The lowest BCUT2D eigenvalue weighted by Gasteiger charge is -2.17. The first kappa shape index (κ1) is 9.56. The van der Waals surface area contributed by atoms with E-state index >= 15 is 0 Å². The van der Waals surface area contributed by atoms with E-state index in [-0.39, 0.29) is 17.3 Å².